The highest BCUT2D eigenvalue weighted by molar-refractivity contribution is 6.04. The van der Waals surface area contributed by atoms with Gasteiger partial charge in [0.2, 0.25) is 5.91 Å². The van der Waals surface area contributed by atoms with Gasteiger partial charge in [0, 0.05) is 35.1 Å². The summed E-state index contributed by atoms with van der Waals surface area (Å²) >= 11 is 0. The maximum Gasteiger partial charge on any atom is 0.573 e. The van der Waals surface area contributed by atoms with Gasteiger partial charge in [-0.2, -0.15) is 5.10 Å². The maximum atomic E-state index is 14.7. The second kappa shape index (κ2) is 9.29. The monoisotopic (exact) mass is 505 g/mol. The minimum Gasteiger partial charge on any atom is -0.465 e. The third-order valence-electron chi connectivity index (χ3n) is 6.00. The summed E-state index contributed by atoms with van der Waals surface area (Å²) in [6.07, 6.45) is -0.927. The van der Waals surface area contributed by atoms with E-state index in [0.717, 1.165) is 12.1 Å². The summed E-state index contributed by atoms with van der Waals surface area (Å²) in [7, 11) is 1.24. The van der Waals surface area contributed by atoms with E-state index in [1.165, 1.54) is 13.2 Å². The molecule has 7 nitrogen and oxygen atoms in total. The predicted octanol–water partition coefficient (Wildman–Crippen LogP) is 5.63. The summed E-state index contributed by atoms with van der Waals surface area (Å²) in [5, 5.41) is 6.98. The number of anilines is 1. The molecule has 11 heteroatoms. The lowest BCUT2D eigenvalue weighted by Crippen LogP contribution is -2.29. The molecule has 1 saturated carbocycles. The normalized spacial score (nSPS) is 14.4. The molecule has 0 bridgehead atoms. The smallest absolute Gasteiger partial charge is 0.465 e. The molecular weight excluding hydrogens is 482 g/mol. The van der Waals surface area contributed by atoms with E-state index in [9.17, 15) is 27.2 Å². The van der Waals surface area contributed by atoms with E-state index in [2.05, 4.69) is 15.2 Å². The molecule has 2 aromatic carbocycles. The van der Waals surface area contributed by atoms with E-state index in [-0.39, 0.29) is 22.9 Å². The molecule has 1 fully saturated rings. The average Bonchev–Trinajstić information content (AvgIpc) is 3.45. The van der Waals surface area contributed by atoms with E-state index < -0.39 is 35.2 Å². The lowest BCUT2D eigenvalue weighted by atomic mass is 9.94. The number of carbonyl (C=O) groups is 2. The molecule has 1 N–H and O–H groups in total. The van der Waals surface area contributed by atoms with E-state index in [4.69, 9.17) is 4.74 Å². The van der Waals surface area contributed by atoms with Crippen LogP contribution in [0.4, 0.5) is 23.2 Å². The Hall–Kier alpha value is -3.89. The number of rotatable bonds is 7. The predicted molar refractivity (Wildman–Crippen MR) is 122 cm³/mol. The molecule has 1 aliphatic rings. The van der Waals surface area contributed by atoms with Crippen LogP contribution in [0.25, 0.3) is 11.1 Å². The molecule has 1 aromatic heterocycles. The maximum absolute atomic E-state index is 14.7. The molecule has 0 radical (unpaired) electrons. The van der Waals surface area contributed by atoms with Gasteiger partial charge in [-0.15, -0.1) is 13.2 Å². The number of hydrogen-bond donors (Lipinski definition) is 1. The fraction of sp³-hybridized carbons (Fsp3) is 0.320. The SMILES string of the molecule is COC(=O)c1cc(NC(=O)C2(c3ccc(OC(F)(F)F)cc3F)CC2)ccc1-c1cnn(C(C)C)c1. The quantitative estimate of drug-likeness (QED) is 0.333. The summed E-state index contributed by atoms with van der Waals surface area (Å²) in [5.41, 5.74) is 0.458. The molecule has 4 rings (SSSR count). The third-order valence-corrected chi connectivity index (χ3v) is 6.00. The highest BCUT2D eigenvalue weighted by atomic mass is 19.4. The van der Waals surface area contributed by atoms with Crippen LogP contribution in [0.3, 0.4) is 0 Å². The Balaban J connectivity index is 1.60. The van der Waals surface area contributed by atoms with Crippen molar-refractivity contribution in [2.45, 2.75) is 44.5 Å². The first-order valence-corrected chi connectivity index (χ1v) is 11.1. The van der Waals surface area contributed by atoms with Crippen LogP contribution in [0.1, 0.15) is 48.7 Å². The number of ether oxygens (including phenoxy) is 2. The Labute approximate surface area is 204 Å². The second-order valence-electron chi connectivity index (χ2n) is 8.78. The average molecular weight is 505 g/mol. The van der Waals surface area contributed by atoms with Gasteiger partial charge >= 0.3 is 12.3 Å². The lowest BCUT2D eigenvalue weighted by Gasteiger charge is -2.18. The first kappa shape index (κ1) is 25.2. The van der Waals surface area contributed by atoms with Crippen molar-refractivity contribution in [3.05, 3.63) is 65.7 Å². The van der Waals surface area contributed by atoms with Gasteiger partial charge in [-0.3, -0.25) is 9.48 Å². The van der Waals surface area contributed by atoms with Crippen LogP contribution >= 0.6 is 0 Å². The first-order valence-electron chi connectivity index (χ1n) is 11.1. The van der Waals surface area contributed by atoms with Crippen LogP contribution in [-0.2, 0) is 14.9 Å². The number of benzene rings is 2. The summed E-state index contributed by atoms with van der Waals surface area (Å²) < 4.78 is 62.4. The number of halogens is 4. The number of esters is 1. The molecule has 190 valence electrons. The van der Waals surface area contributed by atoms with Crippen molar-refractivity contribution in [2.24, 2.45) is 0 Å². The highest BCUT2D eigenvalue weighted by Crippen LogP contribution is 2.50. The molecule has 1 amide bonds. The number of hydrogen-bond acceptors (Lipinski definition) is 5. The Bertz CT molecular complexity index is 1310. The van der Waals surface area contributed by atoms with Gasteiger partial charge in [0.25, 0.3) is 0 Å². The van der Waals surface area contributed by atoms with Crippen molar-refractivity contribution in [2.75, 3.05) is 12.4 Å². The van der Waals surface area contributed by atoms with Crippen LogP contribution in [0.15, 0.2) is 48.8 Å². The van der Waals surface area contributed by atoms with Gasteiger partial charge in [-0.05, 0) is 50.5 Å². The summed E-state index contributed by atoms with van der Waals surface area (Å²) in [4.78, 5) is 25.6. The number of carbonyl (C=O) groups excluding carboxylic acids is 2. The first-order chi connectivity index (χ1) is 16.9. The number of amides is 1. The molecule has 1 aliphatic carbocycles. The zero-order valence-corrected chi connectivity index (χ0v) is 19.6. The summed E-state index contributed by atoms with van der Waals surface area (Å²) in [6, 6.07) is 7.52. The number of methoxy groups -OCH3 is 1. The van der Waals surface area contributed by atoms with Crippen LogP contribution in [0.5, 0.6) is 5.75 Å². The van der Waals surface area contributed by atoms with Gasteiger partial charge in [-0.1, -0.05) is 12.1 Å². The zero-order valence-electron chi connectivity index (χ0n) is 19.6. The molecule has 0 atom stereocenters. The van der Waals surface area contributed by atoms with Crippen LogP contribution in [-0.4, -0.2) is 35.1 Å². The second-order valence-corrected chi connectivity index (χ2v) is 8.78. The Morgan fingerprint density at radius 3 is 2.42 bits per heavy atom. The van der Waals surface area contributed by atoms with E-state index in [0.29, 0.717) is 30.0 Å². The van der Waals surface area contributed by atoms with Crippen LogP contribution < -0.4 is 10.1 Å². The fourth-order valence-electron chi connectivity index (χ4n) is 3.99. The van der Waals surface area contributed by atoms with Crippen molar-refractivity contribution in [3.63, 3.8) is 0 Å². The Morgan fingerprint density at radius 2 is 1.86 bits per heavy atom. The molecule has 3 aromatic rings. The molecule has 0 unspecified atom stereocenters. The number of alkyl halides is 3. The van der Waals surface area contributed by atoms with Crippen LogP contribution in [0.2, 0.25) is 0 Å². The minimum absolute atomic E-state index is 0.0274. The van der Waals surface area contributed by atoms with Gasteiger partial charge in [-0.25, -0.2) is 9.18 Å². The van der Waals surface area contributed by atoms with E-state index in [1.807, 2.05) is 13.8 Å². The van der Waals surface area contributed by atoms with E-state index in [1.54, 1.807) is 29.2 Å². The van der Waals surface area contributed by atoms with Crippen LogP contribution in [0, 0.1) is 5.82 Å². The Kier molecular flexibility index (Phi) is 6.50. The lowest BCUT2D eigenvalue weighted by molar-refractivity contribution is -0.274. The molecule has 36 heavy (non-hydrogen) atoms. The van der Waals surface area contributed by atoms with E-state index >= 15 is 0 Å². The van der Waals surface area contributed by atoms with Crippen molar-refractivity contribution in [3.8, 4) is 16.9 Å². The standard InChI is InChI=1S/C25H23F4N3O4/c1-14(2)32-13-15(12-30-32)18-6-4-16(10-19(18)22(33)35-3)31-23(34)24(8-9-24)20-7-5-17(11-21(20)26)36-25(27,28)29/h4-7,10-14H,8-9H2,1-3H3,(H,31,34). The highest BCUT2D eigenvalue weighted by Gasteiger charge is 2.53. The zero-order chi connectivity index (χ0) is 26.3. The van der Waals surface area contributed by atoms with Gasteiger partial charge in [0.15, 0.2) is 0 Å². The van der Waals surface area contributed by atoms with Gasteiger partial charge in [0.05, 0.1) is 24.3 Å². The molecular formula is C25H23F4N3O4. The minimum atomic E-state index is -4.96. The number of aromatic nitrogens is 2. The number of nitrogens with zero attached hydrogens (tertiary/aromatic N) is 2. The summed E-state index contributed by atoms with van der Waals surface area (Å²) in [5.74, 6) is -2.84. The van der Waals surface area contributed by atoms with Crippen molar-refractivity contribution >= 4 is 17.6 Å². The molecule has 1 heterocycles. The largest absolute Gasteiger partial charge is 0.573 e. The fourth-order valence-corrected chi connectivity index (χ4v) is 3.99. The number of nitrogens with one attached hydrogen (secondary N) is 1. The van der Waals surface area contributed by atoms with Crippen molar-refractivity contribution < 1.29 is 36.6 Å². The van der Waals surface area contributed by atoms with Gasteiger partial charge in [0.1, 0.15) is 11.6 Å². The Morgan fingerprint density at radius 1 is 1.14 bits per heavy atom. The molecule has 0 saturated heterocycles. The molecule has 0 spiro atoms. The summed E-state index contributed by atoms with van der Waals surface area (Å²) in [6.45, 7) is 3.92. The third kappa shape index (κ3) is 5.05. The topological polar surface area (TPSA) is 82.4 Å². The van der Waals surface area contributed by atoms with Crippen molar-refractivity contribution in [1.29, 1.82) is 0 Å². The van der Waals surface area contributed by atoms with Gasteiger partial charge < -0.3 is 14.8 Å². The van der Waals surface area contributed by atoms with Crippen molar-refractivity contribution in [1.82, 2.24) is 9.78 Å². The molecule has 0 aliphatic heterocycles.